The van der Waals surface area contributed by atoms with Crippen LogP contribution in [0.2, 0.25) is 0 Å². The number of amides is 1. The van der Waals surface area contributed by atoms with Crippen molar-refractivity contribution in [3.05, 3.63) is 90.0 Å². The first-order valence-electron chi connectivity index (χ1n) is 8.55. The van der Waals surface area contributed by atoms with Gasteiger partial charge < -0.3 is 10.1 Å². The van der Waals surface area contributed by atoms with E-state index in [-0.39, 0.29) is 0 Å². The van der Waals surface area contributed by atoms with Crippen LogP contribution >= 0.6 is 0 Å². The van der Waals surface area contributed by atoms with Crippen molar-refractivity contribution in [1.82, 2.24) is 9.78 Å². The van der Waals surface area contributed by atoms with E-state index >= 15 is 0 Å². The van der Waals surface area contributed by atoms with Gasteiger partial charge in [-0.15, -0.1) is 0 Å². The molecule has 1 heterocycles. The van der Waals surface area contributed by atoms with E-state index in [1.165, 1.54) is 30.3 Å². The number of nitrogens with one attached hydrogen (secondary N) is 1. The van der Waals surface area contributed by atoms with Crippen LogP contribution in [0, 0.1) is 5.82 Å². The van der Waals surface area contributed by atoms with Crippen LogP contribution in [0.3, 0.4) is 0 Å². The van der Waals surface area contributed by atoms with Crippen LogP contribution in [-0.2, 0) is 20.9 Å². The number of halogens is 1. The summed E-state index contributed by atoms with van der Waals surface area (Å²) in [6, 6.07) is 15.3. The summed E-state index contributed by atoms with van der Waals surface area (Å²) in [7, 11) is 0. The number of hydrogen-bond donors (Lipinski definition) is 1. The predicted molar refractivity (Wildman–Crippen MR) is 103 cm³/mol. The number of carbonyl (C=O) groups is 2. The molecule has 0 fully saturated rings. The Labute approximate surface area is 161 Å². The highest BCUT2D eigenvalue weighted by molar-refractivity contribution is 5.94. The topological polar surface area (TPSA) is 73.2 Å². The molecule has 0 aliphatic carbocycles. The summed E-state index contributed by atoms with van der Waals surface area (Å²) in [4.78, 5) is 23.5. The fraction of sp³-hybridized carbons (Fsp3) is 0.0952. The Balaban J connectivity index is 1.45. The fourth-order valence-electron chi connectivity index (χ4n) is 2.43. The normalized spacial score (nSPS) is 10.8. The first-order chi connectivity index (χ1) is 13.6. The third-order valence-corrected chi connectivity index (χ3v) is 3.71. The first kappa shape index (κ1) is 19.0. The van der Waals surface area contributed by atoms with E-state index in [4.69, 9.17) is 4.74 Å². The van der Waals surface area contributed by atoms with Crippen molar-refractivity contribution in [2.24, 2.45) is 0 Å². The van der Waals surface area contributed by atoms with Crippen molar-refractivity contribution in [2.75, 3.05) is 11.9 Å². The SMILES string of the molecule is O=C(COC(=O)/C=C/c1cnn(Cc2ccccc2)c1)Nc1cccc(F)c1. The number of ether oxygens (including phenoxy) is 1. The number of esters is 1. The molecule has 6 nitrogen and oxygen atoms in total. The zero-order valence-corrected chi connectivity index (χ0v) is 14.9. The average Bonchev–Trinajstić information content (AvgIpc) is 3.13. The van der Waals surface area contributed by atoms with E-state index in [9.17, 15) is 14.0 Å². The molecule has 1 N–H and O–H groups in total. The van der Waals surface area contributed by atoms with Crippen molar-refractivity contribution in [2.45, 2.75) is 6.54 Å². The van der Waals surface area contributed by atoms with Gasteiger partial charge in [0, 0.05) is 23.5 Å². The molecule has 0 saturated heterocycles. The first-order valence-corrected chi connectivity index (χ1v) is 8.55. The minimum absolute atomic E-state index is 0.294. The lowest BCUT2D eigenvalue weighted by Gasteiger charge is -2.05. The minimum atomic E-state index is -0.662. The minimum Gasteiger partial charge on any atom is -0.452 e. The van der Waals surface area contributed by atoms with Crippen LogP contribution in [-0.4, -0.2) is 28.3 Å². The Morgan fingerprint density at radius 2 is 1.96 bits per heavy atom. The van der Waals surface area contributed by atoms with Gasteiger partial charge in [0.05, 0.1) is 12.7 Å². The molecule has 0 spiro atoms. The third-order valence-electron chi connectivity index (χ3n) is 3.71. The van der Waals surface area contributed by atoms with Crippen molar-refractivity contribution < 1.29 is 18.7 Å². The number of aromatic nitrogens is 2. The van der Waals surface area contributed by atoms with E-state index in [0.717, 1.165) is 11.1 Å². The van der Waals surface area contributed by atoms with Crippen LogP contribution in [0.5, 0.6) is 0 Å². The molecule has 3 rings (SSSR count). The molecular formula is C21H18FN3O3. The standard InChI is InChI=1S/C21H18FN3O3/c22-18-7-4-8-19(11-18)24-20(26)15-28-21(27)10-9-17-12-23-25(14-17)13-16-5-2-1-3-6-16/h1-12,14H,13,15H2,(H,24,26)/b10-9+. The van der Waals surface area contributed by atoms with Crippen LogP contribution < -0.4 is 5.32 Å². The van der Waals surface area contributed by atoms with Gasteiger partial charge in [0.2, 0.25) is 0 Å². The van der Waals surface area contributed by atoms with E-state index in [1.807, 2.05) is 30.3 Å². The second-order valence-corrected chi connectivity index (χ2v) is 5.96. The summed E-state index contributed by atoms with van der Waals surface area (Å²) < 4.78 is 19.7. The number of rotatable bonds is 7. The summed E-state index contributed by atoms with van der Waals surface area (Å²) >= 11 is 0. The maximum atomic E-state index is 13.1. The fourth-order valence-corrected chi connectivity index (χ4v) is 2.43. The molecule has 0 radical (unpaired) electrons. The molecule has 0 unspecified atom stereocenters. The summed E-state index contributed by atoms with van der Waals surface area (Å²) in [6.45, 7) is 0.159. The molecule has 142 valence electrons. The second-order valence-electron chi connectivity index (χ2n) is 5.96. The predicted octanol–water partition coefficient (Wildman–Crippen LogP) is 3.27. The lowest BCUT2D eigenvalue weighted by molar-refractivity contribution is -0.142. The number of anilines is 1. The molecule has 3 aromatic rings. The summed E-state index contributed by atoms with van der Waals surface area (Å²) in [5.41, 5.74) is 2.14. The molecule has 0 atom stereocenters. The van der Waals surface area contributed by atoms with Gasteiger partial charge in [-0.3, -0.25) is 9.48 Å². The summed E-state index contributed by atoms with van der Waals surface area (Å²) in [6.07, 6.45) is 6.21. The molecular weight excluding hydrogens is 361 g/mol. The Hall–Kier alpha value is -3.74. The molecule has 0 aliphatic heterocycles. The van der Waals surface area contributed by atoms with Crippen LogP contribution in [0.25, 0.3) is 6.08 Å². The zero-order valence-electron chi connectivity index (χ0n) is 14.9. The van der Waals surface area contributed by atoms with Gasteiger partial charge in [-0.05, 0) is 29.8 Å². The van der Waals surface area contributed by atoms with Gasteiger partial charge in [0.1, 0.15) is 5.82 Å². The van der Waals surface area contributed by atoms with E-state index in [1.54, 1.807) is 23.2 Å². The lowest BCUT2D eigenvalue weighted by atomic mass is 10.2. The highest BCUT2D eigenvalue weighted by atomic mass is 19.1. The van der Waals surface area contributed by atoms with Gasteiger partial charge >= 0.3 is 5.97 Å². The molecule has 0 aliphatic rings. The smallest absolute Gasteiger partial charge is 0.331 e. The van der Waals surface area contributed by atoms with Gasteiger partial charge in [-0.25, -0.2) is 9.18 Å². The van der Waals surface area contributed by atoms with E-state index in [2.05, 4.69) is 10.4 Å². The number of nitrogens with zero attached hydrogens (tertiary/aromatic N) is 2. The number of benzene rings is 2. The third kappa shape index (κ3) is 5.91. The Bertz CT molecular complexity index is 983. The van der Waals surface area contributed by atoms with Crippen LogP contribution in [0.15, 0.2) is 73.1 Å². The highest BCUT2D eigenvalue weighted by Crippen LogP contribution is 2.09. The van der Waals surface area contributed by atoms with Crippen molar-refractivity contribution in [3.63, 3.8) is 0 Å². The lowest BCUT2D eigenvalue weighted by Crippen LogP contribution is -2.20. The average molecular weight is 379 g/mol. The molecule has 7 heteroatoms. The van der Waals surface area contributed by atoms with Crippen LogP contribution in [0.4, 0.5) is 10.1 Å². The highest BCUT2D eigenvalue weighted by Gasteiger charge is 2.06. The van der Waals surface area contributed by atoms with Gasteiger partial charge in [0.25, 0.3) is 5.91 Å². The monoisotopic (exact) mass is 379 g/mol. The molecule has 2 aromatic carbocycles. The maximum absolute atomic E-state index is 13.1. The molecule has 1 aromatic heterocycles. The molecule has 0 saturated carbocycles. The van der Waals surface area contributed by atoms with E-state index < -0.39 is 24.3 Å². The maximum Gasteiger partial charge on any atom is 0.331 e. The molecule has 0 bridgehead atoms. The van der Waals surface area contributed by atoms with E-state index in [0.29, 0.717) is 12.2 Å². The van der Waals surface area contributed by atoms with Gasteiger partial charge in [-0.2, -0.15) is 5.10 Å². The second kappa shape index (κ2) is 9.27. The largest absolute Gasteiger partial charge is 0.452 e. The van der Waals surface area contributed by atoms with Crippen LogP contribution in [0.1, 0.15) is 11.1 Å². The van der Waals surface area contributed by atoms with Crippen molar-refractivity contribution in [3.8, 4) is 0 Å². The summed E-state index contributed by atoms with van der Waals surface area (Å²) in [5.74, 6) is -1.68. The summed E-state index contributed by atoms with van der Waals surface area (Å²) in [5, 5.41) is 6.68. The Morgan fingerprint density at radius 3 is 2.75 bits per heavy atom. The molecule has 1 amide bonds. The van der Waals surface area contributed by atoms with Gasteiger partial charge in [0.15, 0.2) is 6.61 Å². The van der Waals surface area contributed by atoms with Crippen molar-refractivity contribution in [1.29, 1.82) is 0 Å². The Morgan fingerprint density at radius 1 is 1.14 bits per heavy atom. The number of hydrogen-bond acceptors (Lipinski definition) is 4. The Kier molecular flexibility index (Phi) is 6.30. The zero-order chi connectivity index (χ0) is 19.8. The molecule has 28 heavy (non-hydrogen) atoms. The number of carbonyl (C=O) groups excluding carboxylic acids is 2. The van der Waals surface area contributed by atoms with Crippen molar-refractivity contribution >= 4 is 23.6 Å². The van der Waals surface area contributed by atoms with Gasteiger partial charge in [-0.1, -0.05) is 36.4 Å². The quantitative estimate of drug-likeness (QED) is 0.505.